The molecule has 0 saturated carbocycles. The van der Waals surface area contributed by atoms with E-state index in [9.17, 15) is 9.59 Å². The molecule has 6 heteroatoms. The summed E-state index contributed by atoms with van der Waals surface area (Å²) in [5.74, 6) is 0.327. The predicted molar refractivity (Wildman–Crippen MR) is 105 cm³/mol. The van der Waals surface area contributed by atoms with Crippen LogP contribution in [0.5, 0.6) is 5.06 Å². The highest BCUT2D eigenvalue weighted by atomic mass is 32.1. The molecule has 0 aliphatic rings. The first-order chi connectivity index (χ1) is 12.4. The topological polar surface area (TPSA) is 66.8 Å². The largest absolute Gasteiger partial charge is 0.512 e. The molecule has 1 heterocycles. The van der Waals surface area contributed by atoms with E-state index in [4.69, 9.17) is 9.84 Å². The first-order valence-corrected chi connectivity index (χ1v) is 9.25. The molecule has 0 spiro atoms. The number of anilines is 1. The second-order valence-electron chi connectivity index (χ2n) is 6.24. The Labute approximate surface area is 157 Å². The zero-order valence-corrected chi connectivity index (χ0v) is 15.8. The minimum atomic E-state index is -1.40. The van der Waals surface area contributed by atoms with Gasteiger partial charge in [-0.2, -0.15) is 0 Å². The van der Waals surface area contributed by atoms with Crippen LogP contribution >= 0.6 is 11.3 Å². The van der Waals surface area contributed by atoms with E-state index in [1.807, 2.05) is 30.3 Å². The molecule has 0 fully saturated rings. The Bertz CT molecular complexity index is 767. The fourth-order valence-corrected chi connectivity index (χ4v) is 3.47. The maximum Gasteiger partial charge on any atom is 0.512 e. The second-order valence-corrected chi connectivity index (χ2v) is 7.26. The minimum Gasteiger partial charge on any atom is -0.449 e. The highest BCUT2D eigenvalue weighted by molar-refractivity contribution is 7.18. The van der Waals surface area contributed by atoms with Crippen LogP contribution in [0.2, 0.25) is 0 Å². The number of carboxylic acid groups (broad SMARTS) is 1. The van der Waals surface area contributed by atoms with Crippen molar-refractivity contribution in [3.8, 4) is 15.5 Å². The predicted octanol–water partition coefficient (Wildman–Crippen LogP) is 5.43. The fraction of sp³-hybridized carbons (Fsp3) is 0.300. The minimum absolute atomic E-state index is 0.0775. The molecule has 0 aliphatic heterocycles. The van der Waals surface area contributed by atoms with Gasteiger partial charge < -0.3 is 14.7 Å². The first-order valence-electron chi connectivity index (χ1n) is 8.43. The number of benzene rings is 1. The van der Waals surface area contributed by atoms with E-state index in [0.29, 0.717) is 18.0 Å². The van der Waals surface area contributed by atoms with Gasteiger partial charge in [-0.25, -0.2) is 4.79 Å². The molecule has 2 rings (SSSR count). The molecule has 1 N–H and O–H groups in total. The van der Waals surface area contributed by atoms with Crippen molar-refractivity contribution in [1.82, 2.24) is 0 Å². The number of carbonyl (C=O) groups excluding carboxylic acids is 1. The van der Waals surface area contributed by atoms with E-state index < -0.39 is 6.16 Å². The molecule has 0 radical (unpaired) electrons. The van der Waals surface area contributed by atoms with Crippen LogP contribution in [-0.2, 0) is 4.79 Å². The van der Waals surface area contributed by atoms with Gasteiger partial charge in [0, 0.05) is 17.8 Å². The number of amides is 1. The fourth-order valence-electron chi connectivity index (χ4n) is 2.46. The van der Waals surface area contributed by atoms with Gasteiger partial charge in [-0.1, -0.05) is 61.6 Å². The SMILES string of the molecule is C=CCN(C(=O)CCC(C)C)c1cc(-c2ccccc2)sc1OC(=O)O. The first kappa shape index (κ1) is 19.7. The summed E-state index contributed by atoms with van der Waals surface area (Å²) in [6, 6.07) is 11.4. The van der Waals surface area contributed by atoms with Crippen molar-refractivity contribution >= 4 is 29.1 Å². The van der Waals surface area contributed by atoms with E-state index in [1.165, 1.54) is 16.2 Å². The van der Waals surface area contributed by atoms with Gasteiger partial charge in [0.25, 0.3) is 0 Å². The van der Waals surface area contributed by atoms with E-state index in [0.717, 1.165) is 16.9 Å². The van der Waals surface area contributed by atoms with E-state index in [1.54, 1.807) is 12.1 Å². The van der Waals surface area contributed by atoms with Gasteiger partial charge in [-0.15, -0.1) is 6.58 Å². The van der Waals surface area contributed by atoms with Crippen LogP contribution in [0.1, 0.15) is 26.7 Å². The number of nitrogens with zero attached hydrogens (tertiary/aromatic N) is 1. The van der Waals surface area contributed by atoms with Gasteiger partial charge in [0.1, 0.15) is 0 Å². The van der Waals surface area contributed by atoms with Gasteiger partial charge in [0.15, 0.2) is 0 Å². The summed E-state index contributed by atoms with van der Waals surface area (Å²) in [7, 11) is 0. The third-order valence-electron chi connectivity index (χ3n) is 3.76. The maximum atomic E-state index is 12.7. The molecule has 26 heavy (non-hydrogen) atoms. The number of carbonyl (C=O) groups is 2. The van der Waals surface area contributed by atoms with Crippen molar-refractivity contribution in [2.24, 2.45) is 5.92 Å². The van der Waals surface area contributed by atoms with Gasteiger partial charge in [-0.3, -0.25) is 4.79 Å². The molecular formula is C20H23NO4S. The van der Waals surface area contributed by atoms with E-state index >= 15 is 0 Å². The summed E-state index contributed by atoms with van der Waals surface area (Å²) < 4.78 is 4.96. The number of hydrogen-bond acceptors (Lipinski definition) is 4. The lowest BCUT2D eigenvalue weighted by Crippen LogP contribution is -2.31. The lowest BCUT2D eigenvalue weighted by atomic mass is 10.1. The molecule has 1 aromatic carbocycles. The summed E-state index contributed by atoms with van der Waals surface area (Å²) >= 11 is 1.21. The summed E-state index contributed by atoms with van der Waals surface area (Å²) in [4.78, 5) is 26.2. The van der Waals surface area contributed by atoms with Crippen LogP contribution in [0.25, 0.3) is 10.4 Å². The quantitative estimate of drug-likeness (QED) is 0.495. The van der Waals surface area contributed by atoms with Crippen LogP contribution in [0.3, 0.4) is 0 Å². The smallest absolute Gasteiger partial charge is 0.449 e. The van der Waals surface area contributed by atoms with E-state index in [2.05, 4.69) is 20.4 Å². The van der Waals surface area contributed by atoms with Crippen LogP contribution < -0.4 is 9.64 Å². The van der Waals surface area contributed by atoms with Crippen LogP contribution in [0, 0.1) is 5.92 Å². The summed E-state index contributed by atoms with van der Waals surface area (Å²) in [5.41, 5.74) is 1.40. The van der Waals surface area contributed by atoms with Crippen LogP contribution in [-0.4, -0.2) is 23.7 Å². The molecule has 0 saturated heterocycles. The molecule has 0 aliphatic carbocycles. The number of rotatable bonds is 8. The van der Waals surface area contributed by atoms with Gasteiger partial charge in [0.05, 0.1) is 5.69 Å². The zero-order chi connectivity index (χ0) is 19.1. The Morgan fingerprint density at radius 2 is 2.00 bits per heavy atom. The van der Waals surface area contributed by atoms with Crippen molar-refractivity contribution in [2.45, 2.75) is 26.7 Å². The Hall–Kier alpha value is -2.60. The number of thiophene rings is 1. The molecule has 1 aromatic heterocycles. The molecule has 0 bridgehead atoms. The average Bonchev–Trinajstić information content (AvgIpc) is 3.01. The zero-order valence-electron chi connectivity index (χ0n) is 15.0. The van der Waals surface area contributed by atoms with Crippen molar-refractivity contribution in [3.63, 3.8) is 0 Å². The summed E-state index contributed by atoms with van der Waals surface area (Å²) in [5, 5.41) is 9.25. The lowest BCUT2D eigenvalue weighted by Gasteiger charge is -2.21. The second kappa shape index (κ2) is 9.20. The van der Waals surface area contributed by atoms with Gasteiger partial charge >= 0.3 is 6.16 Å². The Balaban J connectivity index is 2.41. The molecule has 138 valence electrons. The molecule has 2 aromatic rings. The molecule has 1 amide bonds. The highest BCUT2D eigenvalue weighted by Crippen LogP contribution is 2.43. The monoisotopic (exact) mass is 373 g/mol. The third kappa shape index (κ3) is 5.20. The van der Waals surface area contributed by atoms with Crippen LogP contribution in [0.15, 0.2) is 49.1 Å². The Kier molecular flexibility index (Phi) is 6.97. The van der Waals surface area contributed by atoms with Gasteiger partial charge in [0.2, 0.25) is 11.0 Å². The summed E-state index contributed by atoms with van der Waals surface area (Å²) in [6.45, 7) is 8.12. The normalized spacial score (nSPS) is 10.6. The number of ether oxygens (including phenoxy) is 1. The molecular weight excluding hydrogens is 350 g/mol. The average molecular weight is 373 g/mol. The third-order valence-corrected chi connectivity index (χ3v) is 4.81. The van der Waals surface area contributed by atoms with Crippen molar-refractivity contribution < 1.29 is 19.4 Å². The Morgan fingerprint density at radius 1 is 1.31 bits per heavy atom. The number of hydrogen-bond donors (Lipinski definition) is 1. The lowest BCUT2D eigenvalue weighted by molar-refractivity contribution is -0.118. The highest BCUT2D eigenvalue weighted by Gasteiger charge is 2.23. The molecule has 0 unspecified atom stereocenters. The Morgan fingerprint density at radius 3 is 2.58 bits per heavy atom. The van der Waals surface area contributed by atoms with Gasteiger partial charge in [-0.05, 0) is 24.0 Å². The molecule has 0 atom stereocenters. The van der Waals surface area contributed by atoms with Crippen molar-refractivity contribution in [2.75, 3.05) is 11.4 Å². The standard InChI is InChI=1S/C20H23NO4S/c1-4-12-21(18(22)11-10-14(2)3)16-13-17(15-8-6-5-7-9-15)26-19(16)25-20(23)24/h4-9,13-14H,1,10-12H2,2-3H3,(H,23,24). The maximum absolute atomic E-state index is 12.7. The summed E-state index contributed by atoms with van der Waals surface area (Å²) in [6.07, 6.45) is 1.37. The van der Waals surface area contributed by atoms with E-state index in [-0.39, 0.29) is 17.5 Å². The van der Waals surface area contributed by atoms with Crippen molar-refractivity contribution in [3.05, 3.63) is 49.1 Å². The van der Waals surface area contributed by atoms with Crippen LogP contribution in [0.4, 0.5) is 10.5 Å². The molecule has 5 nitrogen and oxygen atoms in total. The van der Waals surface area contributed by atoms with Crippen molar-refractivity contribution in [1.29, 1.82) is 0 Å².